The predicted molar refractivity (Wildman–Crippen MR) is 170 cm³/mol. The largest absolute Gasteiger partial charge is 0.307 e. The van der Waals surface area contributed by atoms with Gasteiger partial charge in [-0.05, 0) is 65.7 Å². The van der Waals surface area contributed by atoms with Crippen LogP contribution in [0, 0.1) is 22.7 Å². The van der Waals surface area contributed by atoms with Crippen molar-refractivity contribution in [3.63, 3.8) is 0 Å². The predicted octanol–water partition coefficient (Wildman–Crippen LogP) is 9.29. The van der Waals surface area contributed by atoms with Crippen LogP contribution < -0.4 is 0 Å². The van der Waals surface area contributed by atoms with Gasteiger partial charge in [0.05, 0.1) is 56.7 Å². The zero-order valence-electron chi connectivity index (χ0n) is 22.5. The van der Waals surface area contributed by atoms with Crippen LogP contribution in [0.1, 0.15) is 11.1 Å². The lowest BCUT2D eigenvalue weighted by Gasteiger charge is -2.18. The van der Waals surface area contributed by atoms with Crippen LogP contribution in [0.4, 0.5) is 0 Å². The molecule has 2 aromatic heterocycles. The molecular weight excluding hydrogens is 512 g/mol. The molecule has 0 aliphatic rings. The number of fused-ring (bicyclic) bond motifs is 6. The minimum atomic E-state index is 0.467. The molecule has 0 aliphatic carbocycles. The first-order valence-corrected chi connectivity index (χ1v) is 13.8. The molecule has 2 heterocycles. The van der Waals surface area contributed by atoms with Crippen LogP contribution in [0.25, 0.3) is 66.1 Å². The van der Waals surface area contributed by atoms with Crippen molar-refractivity contribution in [1.82, 2.24) is 9.13 Å². The summed E-state index contributed by atoms with van der Waals surface area (Å²) in [6, 6.07) is 50.3. The lowest BCUT2D eigenvalue weighted by atomic mass is 9.99. The van der Waals surface area contributed by atoms with Crippen LogP contribution in [-0.4, -0.2) is 9.13 Å². The topological polar surface area (TPSA) is 57.4 Å². The van der Waals surface area contributed by atoms with Crippen molar-refractivity contribution in [3.8, 4) is 34.6 Å². The number of hydrogen-bond donors (Lipinski definition) is 0. The maximum Gasteiger partial charge on any atom is 0.0992 e. The molecule has 4 heteroatoms. The van der Waals surface area contributed by atoms with Crippen LogP contribution in [0.5, 0.6) is 0 Å². The highest BCUT2D eigenvalue weighted by atomic mass is 15.1. The second-order valence-corrected chi connectivity index (χ2v) is 10.5. The summed E-state index contributed by atoms with van der Waals surface area (Å²) in [4.78, 5) is 0. The first-order valence-electron chi connectivity index (χ1n) is 13.8. The Morgan fingerprint density at radius 1 is 0.381 bits per heavy atom. The van der Waals surface area contributed by atoms with Crippen molar-refractivity contribution in [2.45, 2.75) is 0 Å². The van der Waals surface area contributed by atoms with Crippen LogP contribution in [-0.2, 0) is 0 Å². The fraction of sp³-hybridized carbons (Fsp3) is 0. The fourth-order valence-electron chi connectivity index (χ4n) is 6.36. The minimum absolute atomic E-state index is 0.467. The summed E-state index contributed by atoms with van der Waals surface area (Å²) in [6.07, 6.45) is 0. The van der Waals surface area contributed by atoms with Crippen LogP contribution in [0.2, 0.25) is 0 Å². The first-order chi connectivity index (χ1) is 20.7. The van der Waals surface area contributed by atoms with Crippen molar-refractivity contribution in [2.24, 2.45) is 0 Å². The summed E-state index contributed by atoms with van der Waals surface area (Å²) < 4.78 is 4.69. The molecular formula is C38H22N4. The van der Waals surface area contributed by atoms with Gasteiger partial charge in [0.2, 0.25) is 0 Å². The SMILES string of the molecule is N#Cc1cc(C#N)cc(-c2ccc(-n3c4ccccc4c4ccccc43)c(-n3c4ccccc4c4ccccc43)c2)c1. The Morgan fingerprint density at radius 2 is 0.786 bits per heavy atom. The Balaban J connectivity index is 1.53. The van der Waals surface area contributed by atoms with Gasteiger partial charge in [-0.3, -0.25) is 0 Å². The average Bonchev–Trinajstić information content (AvgIpc) is 3.57. The van der Waals surface area contributed by atoms with E-state index in [1.54, 1.807) is 6.07 Å². The van der Waals surface area contributed by atoms with Gasteiger partial charge in [-0.15, -0.1) is 0 Å². The summed E-state index contributed by atoms with van der Waals surface area (Å²) in [6.45, 7) is 0. The molecule has 0 saturated heterocycles. The lowest BCUT2D eigenvalue weighted by Crippen LogP contribution is -2.04. The highest BCUT2D eigenvalue weighted by molar-refractivity contribution is 6.11. The molecule has 194 valence electrons. The Kier molecular flexibility index (Phi) is 5.22. The van der Waals surface area contributed by atoms with E-state index < -0.39 is 0 Å². The van der Waals surface area contributed by atoms with Crippen LogP contribution in [0.3, 0.4) is 0 Å². The average molecular weight is 535 g/mol. The van der Waals surface area contributed by atoms with Gasteiger partial charge in [-0.25, -0.2) is 0 Å². The van der Waals surface area contributed by atoms with Gasteiger partial charge in [0, 0.05) is 21.5 Å². The van der Waals surface area contributed by atoms with Crippen molar-refractivity contribution < 1.29 is 0 Å². The molecule has 0 aliphatic heterocycles. The molecule has 42 heavy (non-hydrogen) atoms. The van der Waals surface area contributed by atoms with E-state index in [2.05, 4.69) is 137 Å². The van der Waals surface area contributed by atoms with Gasteiger partial charge < -0.3 is 9.13 Å². The van der Waals surface area contributed by atoms with Crippen LogP contribution >= 0.6 is 0 Å². The zero-order chi connectivity index (χ0) is 28.2. The van der Waals surface area contributed by atoms with E-state index in [4.69, 9.17) is 0 Å². The van der Waals surface area contributed by atoms with Crippen molar-refractivity contribution >= 4 is 43.6 Å². The number of nitriles is 2. The molecule has 8 aromatic rings. The first kappa shape index (κ1) is 23.8. The number of aromatic nitrogens is 2. The Bertz CT molecular complexity index is 2300. The number of hydrogen-bond acceptors (Lipinski definition) is 2. The van der Waals surface area contributed by atoms with E-state index in [0.717, 1.165) is 44.6 Å². The smallest absolute Gasteiger partial charge is 0.0992 e. The fourth-order valence-corrected chi connectivity index (χ4v) is 6.36. The third-order valence-electron chi connectivity index (χ3n) is 8.14. The van der Waals surface area contributed by atoms with Crippen molar-refractivity contribution in [2.75, 3.05) is 0 Å². The summed E-state index contributed by atoms with van der Waals surface area (Å²) in [5.74, 6) is 0. The van der Waals surface area contributed by atoms with E-state index in [-0.39, 0.29) is 0 Å². The maximum atomic E-state index is 9.67. The van der Waals surface area contributed by atoms with Gasteiger partial charge in [0.25, 0.3) is 0 Å². The molecule has 0 unspecified atom stereocenters. The molecule has 0 atom stereocenters. The monoisotopic (exact) mass is 534 g/mol. The van der Waals surface area contributed by atoms with Gasteiger partial charge in [0.15, 0.2) is 0 Å². The summed E-state index contributed by atoms with van der Waals surface area (Å²) >= 11 is 0. The Morgan fingerprint density at radius 3 is 1.21 bits per heavy atom. The number of nitrogens with zero attached hydrogens (tertiary/aromatic N) is 4. The molecule has 4 nitrogen and oxygen atoms in total. The van der Waals surface area contributed by atoms with Gasteiger partial charge >= 0.3 is 0 Å². The third kappa shape index (κ3) is 3.47. The second-order valence-electron chi connectivity index (χ2n) is 10.5. The number of benzene rings is 6. The highest BCUT2D eigenvalue weighted by Crippen LogP contribution is 2.39. The quantitative estimate of drug-likeness (QED) is 0.227. The molecule has 8 rings (SSSR count). The summed E-state index contributed by atoms with van der Waals surface area (Å²) in [5.41, 5.74) is 9.24. The van der Waals surface area contributed by atoms with E-state index in [0.29, 0.717) is 11.1 Å². The molecule has 0 amide bonds. The molecule has 0 spiro atoms. The van der Waals surface area contributed by atoms with Crippen molar-refractivity contribution in [3.05, 3.63) is 145 Å². The standard InChI is InChI=1S/C38H22N4/c39-23-25-19-26(24-40)21-28(20-25)27-17-18-37(41-33-13-5-1-9-29(33)30-10-2-6-14-34(30)41)38(22-27)42-35-15-7-3-11-31(35)32-12-4-8-16-36(32)42/h1-22H. The second kappa shape index (κ2) is 9.24. The van der Waals surface area contributed by atoms with Crippen LogP contribution in [0.15, 0.2) is 133 Å². The third-order valence-corrected chi connectivity index (χ3v) is 8.14. The molecule has 0 radical (unpaired) electrons. The maximum absolute atomic E-state index is 9.67. The normalized spacial score (nSPS) is 11.3. The molecule has 0 bridgehead atoms. The minimum Gasteiger partial charge on any atom is -0.307 e. The highest BCUT2D eigenvalue weighted by Gasteiger charge is 2.20. The van der Waals surface area contributed by atoms with Gasteiger partial charge in [-0.1, -0.05) is 78.9 Å². The Labute approximate surface area is 242 Å². The molecule has 6 aromatic carbocycles. The number of para-hydroxylation sites is 4. The summed E-state index contributed by atoms with van der Waals surface area (Å²) in [7, 11) is 0. The molecule has 0 N–H and O–H groups in total. The summed E-state index contributed by atoms with van der Waals surface area (Å²) in [5, 5.41) is 24.1. The van der Waals surface area contributed by atoms with E-state index in [1.165, 1.54) is 21.5 Å². The van der Waals surface area contributed by atoms with Crippen molar-refractivity contribution in [1.29, 1.82) is 10.5 Å². The van der Waals surface area contributed by atoms with Gasteiger partial charge in [-0.2, -0.15) is 10.5 Å². The van der Waals surface area contributed by atoms with E-state index in [9.17, 15) is 10.5 Å². The van der Waals surface area contributed by atoms with E-state index >= 15 is 0 Å². The number of rotatable bonds is 3. The lowest BCUT2D eigenvalue weighted by molar-refractivity contribution is 1.10. The molecule has 0 fully saturated rings. The van der Waals surface area contributed by atoms with Gasteiger partial charge in [0.1, 0.15) is 0 Å². The molecule has 0 saturated carbocycles. The van der Waals surface area contributed by atoms with E-state index in [1.807, 2.05) is 12.1 Å². The zero-order valence-corrected chi connectivity index (χ0v) is 22.5. The Hall–Kier alpha value is -6.10.